The molecular weight excluding hydrogens is 229 g/mol. The molecule has 0 saturated heterocycles. The highest BCUT2D eigenvalue weighted by molar-refractivity contribution is 5.80. The lowest BCUT2D eigenvalue weighted by atomic mass is 10.1. The Balaban J connectivity index is 2.44. The van der Waals surface area contributed by atoms with Gasteiger partial charge in [-0.2, -0.15) is 13.2 Å². The molecule has 1 aromatic heterocycles. The summed E-state index contributed by atoms with van der Waals surface area (Å²) in [5.74, 6) is 0.571. The number of rotatable bonds is 2. The van der Waals surface area contributed by atoms with Crippen molar-refractivity contribution >= 4 is 17.0 Å². The molecule has 17 heavy (non-hydrogen) atoms. The zero-order valence-corrected chi connectivity index (χ0v) is 9.21. The number of allylic oxidation sites excluding steroid dienone is 1. The van der Waals surface area contributed by atoms with Gasteiger partial charge in [0.1, 0.15) is 11.3 Å². The first kappa shape index (κ1) is 11.8. The molecule has 1 aromatic carbocycles. The molecule has 90 valence electrons. The van der Waals surface area contributed by atoms with Crippen molar-refractivity contribution in [1.82, 2.24) is 0 Å². The van der Waals surface area contributed by atoms with Crippen LogP contribution in [0.15, 0.2) is 34.8 Å². The van der Waals surface area contributed by atoms with Crippen LogP contribution in [0.25, 0.3) is 17.0 Å². The van der Waals surface area contributed by atoms with Crippen molar-refractivity contribution < 1.29 is 17.6 Å². The van der Waals surface area contributed by atoms with Gasteiger partial charge in [0.25, 0.3) is 0 Å². The number of alkyl halides is 3. The molecule has 0 atom stereocenters. The van der Waals surface area contributed by atoms with Crippen LogP contribution in [0.1, 0.15) is 24.7 Å². The number of hydrogen-bond acceptors (Lipinski definition) is 1. The summed E-state index contributed by atoms with van der Waals surface area (Å²) < 4.78 is 42.8. The summed E-state index contributed by atoms with van der Waals surface area (Å²) in [6.45, 7) is 1.97. The lowest BCUT2D eigenvalue weighted by Gasteiger charge is -2.04. The highest BCUT2D eigenvalue weighted by atomic mass is 19.4. The molecule has 2 aromatic rings. The molecule has 0 fully saturated rings. The van der Waals surface area contributed by atoms with Gasteiger partial charge in [0.2, 0.25) is 0 Å². The maximum Gasteiger partial charge on any atom is 0.416 e. The summed E-state index contributed by atoms with van der Waals surface area (Å²) in [5, 5.41) is 0.468. The monoisotopic (exact) mass is 240 g/mol. The summed E-state index contributed by atoms with van der Waals surface area (Å²) in [6.07, 6.45) is 0.186. The quantitative estimate of drug-likeness (QED) is 0.729. The number of halogens is 3. The van der Waals surface area contributed by atoms with E-state index in [1.165, 1.54) is 6.07 Å². The molecule has 0 amide bonds. The van der Waals surface area contributed by atoms with Crippen LogP contribution < -0.4 is 0 Å². The van der Waals surface area contributed by atoms with Gasteiger partial charge >= 0.3 is 6.18 Å². The van der Waals surface area contributed by atoms with E-state index >= 15 is 0 Å². The molecule has 0 saturated carbocycles. The van der Waals surface area contributed by atoms with Gasteiger partial charge in [0.15, 0.2) is 0 Å². The highest BCUT2D eigenvalue weighted by Crippen LogP contribution is 2.32. The highest BCUT2D eigenvalue weighted by Gasteiger charge is 2.30. The van der Waals surface area contributed by atoms with E-state index in [-0.39, 0.29) is 0 Å². The van der Waals surface area contributed by atoms with E-state index < -0.39 is 11.7 Å². The molecule has 0 N–H and O–H groups in total. The van der Waals surface area contributed by atoms with E-state index in [0.29, 0.717) is 16.7 Å². The van der Waals surface area contributed by atoms with Gasteiger partial charge in [-0.05, 0) is 36.8 Å². The Morgan fingerprint density at radius 1 is 1.24 bits per heavy atom. The molecule has 0 aliphatic rings. The predicted octanol–water partition coefficient (Wildman–Crippen LogP) is 4.87. The standard InChI is InChI=1S/C13H11F3O/c1-2-3-4-11-8-9-7-10(13(14,15)16)5-6-12(9)17-11/h3-8H,2H2,1H3/b4-3+. The Labute approximate surface area is 96.5 Å². The van der Waals surface area contributed by atoms with Crippen molar-refractivity contribution in [3.63, 3.8) is 0 Å². The Morgan fingerprint density at radius 2 is 2.00 bits per heavy atom. The van der Waals surface area contributed by atoms with Crippen LogP contribution in [0.2, 0.25) is 0 Å². The van der Waals surface area contributed by atoms with Crippen LogP contribution in [0, 0.1) is 0 Å². The molecule has 0 bridgehead atoms. The molecule has 0 spiro atoms. The van der Waals surface area contributed by atoms with E-state index in [4.69, 9.17) is 4.42 Å². The van der Waals surface area contributed by atoms with Gasteiger partial charge in [0.05, 0.1) is 5.56 Å². The Hall–Kier alpha value is -1.71. The second-order valence-electron chi connectivity index (χ2n) is 3.71. The van der Waals surface area contributed by atoms with Crippen LogP contribution in [-0.2, 0) is 6.18 Å². The number of furan rings is 1. The second kappa shape index (κ2) is 4.28. The number of hydrogen-bond donors (Lipinski definition) is 0. The van der Waals surface area contributed by atoms with Gasteiger partial charge < -0.3 is 4.42 Å². The van der Waals surface area contributed by atoms with Crippen molar-refractivity contribution in [1.29, 1.82) is 0 Å². The second-order valence-corrected chi connectivity index (χ2v) is 3.71. The van der Waals surface area contributed by atoms with E-state index in [9.17, 15) is 13.2 Å². The molecule has 1 nitrogen and oxygen atoms in total. The molecule has 4 heteroatoms. The van der Waals surface area contributed by atoms with Crippen molar-refractivity contribution in [3.05, 3.63) is 41.7 Å². The lowest BCUT2D eigenvalue weighted by Crippen LogP contribution is -2.03. The SMILES string of the molecule is CC/C=C/c1cc2cc(C(F)(F)F)ccc2o1. The summed E-state index contributed by atoms with van der Waals surface area (Å²) in [5.41, 5.74) is -0.189. The Kier molecular flexibility index (Phi) is 2.96. The Bertz CT molecular complexity index is 549. The maximum absolute atomic E-state index is 12.5. The largest absolute Gasteiger partial charge is 0.457 e. The van der Waals surface area contributed by atoms with Crippen molar-refractivity contribution in [2.24, 2.45) is 0 Å². The van der Waals surface area contributed by atoms with E-state index in [2.05, 4.69) is 0 Å². The van der Waals surface area contributed by atoms with Crippen LogP contribution in [0.4, 0.5) is 13.2 Å². The van der Waals surface area contributed by atoms with Crippen LogP contribution in [-0.4, -0.2) is 0 Å². The Morgan fingerprint density at radius 3 is 2.65 bits per heavy atom. The zero-order chi connectivity index (χ0) is 12.5. The molecule has 1 heterocycles. The first-order chi connectivity index (χ1) is 8.00. The predicted molar refractivity (Wildman–Crippen MR) is 60.5 cm³/mol. The number of fused-ring (bicyclic) bond motifs is 1. The average molecular weight is 240 g/mol. The van der Waals surface area contributed by atoms with E-state index in [0.717, 1.165) is 18.6 Å². The summed E-state index contributed by atoms with van der Waals surface area (Å²) in [6, 6.07) is 5.08. The zero-order valence-electron chi connectivity index (χ0n) is 9.21. The summed E-state index contributed by atoms with van der Waals surface area (Å²) in [4.78, 5) is 0. The normalized spacial score (nSPS) is 12.7. The van der Waals surface area contributed by atoms with Crippen LogP contribution in [0.5, 0.6) is 0 Å². The first-order valence-electron chi connectivity index (χ1n) is 5.28. The average Bonchev–Trinajstić information content (AvgIpc) is 2.66. The summed E-state index contributed by atoms with van der Waals surface area (Å²) >= 11 is 0. The van der Waals surface area contributed by atoms with Crippen LogP contribution >= 0.6 is 0 Å². The van der Waals surface area contributed by atoms with Crippen molar-refractivity contribution in [2.45, 2.75) is 19.5 Å². The fourth-order valence-corrected chi connectivity index (χ4v) is 1.56. The summed E-state index contributed by atoms with van der Waals surface area (Å²) in [7, 11) is 0. The smallest absolute Gasteiger partial charge is 0.416 e. The van der Waals surface area contributed by atoms with Gasteiger partial charge in [-0.1, -0.05) is 13.0 Å². The van der Waals surface area contributed by atoms with Gasteiger partial charge in [-0.15, -0.1) is 0 Å². The molecule has 0 radical (unpaired) electrons. The molecular formula is C13H11F3O. The maximum atomic E-state index is 12.5. The third-order valence-electron chi connectivity index (χ3n) is 2.38. The van der Waals surface area contributed by atoms with E-state index in [1.54, 1.807) is 12.1 Å². The lowest BCUT2D eigenvalue weighted by molar-refractivity contribution is -0.137. The van der Waals surface area contributed by atoms with Crippen LogP contribution in [0.3, 0.4) is 0 Å². The topological polar surface area (TPSA) is 13.1 Å². The third kappa shape index (κ3) is 2.52. The number of benzene rings is 1. The van der Waals surface area contributed by atoms with E-state index in [1.807, 2.05) is 13.0 Å². The molecule has 0 unspecified atom stereocenters. The first-order valence-corrected chi connectivity index (χ1v) is 5.28. The molecule has 0 aliphatic carbocycles. The molecule has 2 rings (SSSR count). The van der Waals surface area contributed by atoms with Gasteiger partial charge in [-0.3, -0.25) is 0 Å². The third-order valence-corrected chi connectivity index (χ3v) is 2.38. The van der Waals surface area contributed by atoms with Crippen molar-refractivity contribution in [2.75, 3.05) is 0 Å². The fraction of sp³-hybridized carbons (Fsp3) is 0.231. The van der Waals surface area contributed by atoms with Crippen molar-refractivity contribution in [3.8, 4) is 0 Å². The fourth-order valence-electron chi connectivity index (χ4n) is 1.56. The minimum absolute atomic E-state index is 0.466. The minimum Gasteiger partial charge on any atom is -0.457 e. The van der Waals surface area contributed by atoms with Gasteiger partial charge in [0, 0.05) is 5.39 Å². The minimum atomic E-state index is -4.31. The molecule has 0 aliphatic heterocycles. The van der Waals surface area contributed by atoms with Gasteiger partial charge in [-0.25, -0.2) is 0 Å².